The highest BCUT2D eigenvalue weighted by Crippen LogP contribution is 2.49. The summed E-state index contributed by atoms with van der Waals surface area (Å²) >= 11 is 0. The van der Waals surface area contributed by atoms with Gasteiger partial charge in [-0.05, 0) is 32.4 Å². The first-order valence-corrected chi connectivity index (χ1v) is 10.5. The molecule has 0 bridgehead atoms. The Labute approximate surface area is 187 Å². The predicted octanol–water partition coefficient (Wildman–Crippen LogP) is 1.62. The number of barbiturate groups is 1. The quantitative estimate of drug-likeness (QED) is 0.626. The zero-order valence-electron chi connectivity index (χ0n) is 18.1. The summed E-state index contributed by atoms with van der Waals surface area (Å²) in [6.45, 7) is 5.23. The minimum Gasteiger partial charge on any atom is -0.372 e. The van der Waals surface area contributed by atoms with E-state index in [2.05, 4.69) is 20.6 Å². The molecule has 1 unspecified atom stereocenters. The van der Waals surface area contributed by atoms with E-state index in [1.807, 2.05) is 0 Å². The number of nitrogens with zero attached hydrogens (tertiary/aromatic N) is 3. The van der Waals surface area contributed by atoms with Gasteiger partial charge < -0.3 is 9.64 Å². The Morgan fingerprint density at radius 2 is 1.73 bits per heavy atom. The number of benzene rings is 1. The van der Waals surface area contributed by atoms with E-state index in [1.54, 1.807) is 20.8 Å². The average Bonchev–Trinajstić information content (AvgIpc) is 2.74. The van der Waals surface area contributed by atoms with E-state index in [0.29, 0.717) is 5.82 Å². The van der Waals surface area contributed by atoms with Gasteiger partial charge in [-0.2, -0.15) is 0 Å². The molecule has 4 heterocycles. The van der Waals surface area contributed by atoms with Crippen molar-refractivity contribution in [3.05, 3.63) is 41.5 Å². The summed E-state index contributed by atoms with van der Waals surface area (Å²) in [5, 5.41) is 4.33. The van der Waals surface area contributed by atoms with Crippen LogP contribution in [0.25, 0.3) is 11.1 Å². The van der Waals surface area contributed by atoms with Crippen LogP contribution in [-0.2, 0) is 20.7 Å². The summed E-state index contributed by atoms with van der Waals surface area (Å²) in [6.07, 6.45) is 1.47. The van der Waals surface area contributed by atoms with Gasteiger partial charge in [-0.1, -0.05) is 0 Å². The molecular formula is C22H21F2N5O4. The Morgan fingerprint density at radius 3 is 2.36 bits per heavy atom. The Hall–Kier alpha value is -3.47. The standard InChI is InChI=1S/C22H21F2N5O4/c1-9-8-29-17-12(4-14(15(23)16(17)24)13-6-25-11(3)26-7-13)5-22(18(29)10(2)33-9)19(30)27-21(32)28-20(22)31/h4,6-7,9-10,18H,5,8H2,1-3H3,(H2,27,28,30,31,32)/t9-,10+,18?/m0/s1. The summed E-state index contributed by atoms with van der Waals surface area (Å²) in [5.41, 5.74) is -1.35. The smallest absolute Gasteiger partial charge is 0.328 e. The van der Waals surface area contributed by atoms with Crippen molar-refractivity contribution >= 4 is 23.5 Å². The number of amides is 4. The van der Waals surface area contributed by atoms with Crippen molar-refractivity contribution in [2.24, 2.45) is 5.41 Å². The number of carbonyl (C=O) groups is 3. The molecule has 0 saturated carbocycles. The van der Waals surface area contributed by atoms with Crippen LogP contribution in [0.3, 0.4) is 0 Å². The van der Waals surface area contributed by atoms with E-state index < -0.39 is 47.0 Å². The molecule has 172 valence electrons. The first-order chi connectivity index (χ1) is 15.6. The maximum atomic E-state index is 15.6. The molecule has 11 heteroatoms. The first kappa shape index (κ1) is 21.4. The second-order valence-corrected chi connectivity index (χ2v) is 8.71. The Balaban J connectivity index is 1.74. The monoisotopic (exact) mass is 457 g/mol. The molecule has 9 nitrogen and oxygen atoms in total. The summed E-state index contributed by atoms with van der Waals surface area (Å²) in [4.78, 5) is 47.7. The number of urea groups is 1. The third-order valence-corrected chi connectivity index (χ3v) is 6.56. The molecule has 1 spiro atoms. The zero-order chi connectivity index (χ0) is 23.7. The number of rotatable bonds is 1. The lowest BCUT2D eigenvalue weighted by molar-refractivity contribution is -0.153. The molecule has 3 aliphatic heterocycles. The van der Waals surface area contributed by atoms with E-state index in [0.717, 1.165) is 0 Å². The van der Waals surface area contributed by atoms with Crippen LogP contribution >= 0.6 is 0 Å². The van der Waals surface area contributed by atoms with E-state index in [4.69, 9.17) is 4.74 Å². The van der Waals surface area contributed by atoms with Gasteiger partial charge in [-0.3, -0.25) is 20.2 Å². The molecule has 0 radical (unpaired) electrons. The van der Waals surface area contributed by atoms with Gasteiger partial charge in [0.25, 0.3) is 0 Å². The van der Waals surface area contributed by atoms with E-state index >= 15 is 8.78 Å². The molecule has 0 aliphatic carbocycles. The van der Waals surface area contributed by atoms with Gasteiger partial charge in [0.1, 0.15) is 5.82 Å². The highest BCUT2D eigenvalue weighted by Gasteiger charge is 2.63. The molecule has 2 fully saturated rings. The number of aryl methyl sites for hydroxylation is 1. The lowest BCUT2D eigenvalue weighted by Gasteiger charge is -2.55. The Kier molecular flexibility index (Phi) is 4.71. The van der Waals surface area contributed by atoms with Crippen molar-refractivity contribution in [3.63, 3.8) is 0 Å². The fourth-order valence-electron chi connectivity index (χ4n) is 5.28. The second-order valence-electron chi connectivity index (χ2n) is 8.71. The number of aromatic nitrogens is 2. The lowest BCUT2D eigenvalue weighted by Crippen LogP contribution is -2.75. The average molecular weight is 457 g/mol. The van der Waals surface area contributed by atoms with Gasteiger partial charge >= 0.3 is 6.03 Å². The molecule has 4 amide bonds. The van der Waals surface area contributed by atoms with Gasteiger partial charge in [-0.25, -0.2) is 23.5 Å². The SMILES string of the molecule is Cc1ncc(-c2cc3c(c(F)c2F)N2C[C@H](C)O[C@H](C)C2C2(C3)C(=O)NC(=O)NC2=O)cn1. The van der Waals surface area contributed by atoms with Gasteiger partial charge in [0.2, 0.25) is 11.8 Å². The van der Waals surface area contributed by atoms with Crippen LogP contribution in [0.5, 0.6) is 0 Å². The summed E-state index contributed by atoms with van der Waals surface area (Å²) in [5.74, 6) is -3.29. The fourth-order valence-corrected chi connectivity index (χ4v) is 5.28. The zero-order valence-corrected chi connectivity index (χ0v) is 18.1. The minimum absolute atomic E-state index is 0.0144. The van der Waals surface area contributed by atoms with Crippen LogP contribution in [0.2, 0.25) is 0 Å². The summed E-state index contributed by atoms with van der Waals surface area (Å²) in [6, 6.07) is -0.452. The number of fused-ring (bicyclic) bond motifs is 4. The molecule has 5 rings (SSSR count). The Morgan fingerprint density at radius 1 is 1.09 bits per heavy atom. The number of anilines is 1. The third kappa shape index (κ3) is 3.02. The molecular weight excluding hydrogens is 436 g/mol. The maximum Gasteiger partial charge on any atom is 0.328 e. The van der Waals surface area contributed by atoms with Crippen molar-refractivity contribution in [1.82, 2.24) is 20.6 Å². The van der Waals surface area contributed by atoms with Crippen LogP contribution in [0.1, 0.15) is 25.2 Å². The van der Waals surface area contributed by atoms with Crippen LogP contribution in [-0.4, -0.2) is 52.6 Å². The van der Waals surface area contributed by atoms with Crippen molar-refractivity contribution in [3.8, 4) is 11.1 Å². The maximum absolute atomic E-state index is 15.6. The lowest BCUT2D eigenvalue weighted by atomic mass is 9.66. The molecule has 3 atom stereocenters. The number of hydrogen-bond acceptors (Lipinski definition) is 7. The summed E-state index contributed by atoms with van der Waals surface area (Å²) in [7, 11) is 0. The number of morpholine rings is 1. The third-order valence-electron chi connectivity index (χ3n) is 6.56. The number of halogens is 2. The number of imide groups is 2. The highest BCUT2D eigenvalue weighted by atomic mass is 19.2. The van der Waals surface area contributed by atoms with Gasteiger partial charge in [0.05, 0.1) is 23.9 Å². The van der Waals surface area contributed by atoms with E-state index in [9.17, 15) is 14.4 Å². The summed E-state index contributed by atoms with van der Waals surface area (Å²) < 4.78 is 36.7. The molecule has 2 saturated heterocycles. The first-order valence-electron chi connectivity index (χ1n) is 10.5. The van der Waals surface area contributed by atoms with Crippen LogP contribution < -0.4 is 15.5 Å². The van der Waals surface area contributed by atoms with E-state index in [-0.39, 0.29) is 41.4 Å². The van der Waals surface area contributed by atoms with Gasteiger partial charge in [0, 0.05) is 36.5 Å². The predicted molar refractivity (Wildman–Crippen MR) is 111 cm³/mol. The molecule has 2 N–H and O–H groups in total. The topological polar surface area (TPSA) is 114 Å². The van der Waals surface area contributed by atoms with Gasteiger partial charge in [0.15, 0.2) is 17.0 Å². The van der Waals surface area contributed by atoms with Crippen molar-refractivity contribution in [2.75, 3.05) is 11.4 Å². The van der Waals surface area contributed by atoms with E-state index in [1.165, 1.54) is 23.4 Å². The second kappa shape index (κ2) is 7.27. The number of carbonyl (C=O) groups excluding carboxylic acids is 3. The minimum atomic E-state index is -1.77. The van der Waals surface area contributed by atoms with Crippen LogP contribution in [0.15, 0.2) is 18.5 Å². The number of nitrogens with one attached hydrogen (secondary N) is 2. The number of hydrogen-bond donors (Lipinski definition) is 2. The fraction of sp³-hybridized carbons (Fsp3) is 0.409. The molecule has 2 aromatic rings. The largest absolute Gasteiger partial charge is 0.372 e. The van der Waals surface area contributed by atoms with Crippen LogP contribution in [0, 0.1) is 24.0 Å². The number of ether oxygens (including phenoxy) is 1. The normalized spacial score (nSPS) is 25.9. The van der Waals surface area contributed by atoms with Crippen molar-refractivity contribution in [1.29, 1.82) is 0 Å². The highest BCUT2D eigenvalue weighted by molar-refractivity contribution is 6.20. The van der Waals surface area contributed by atoms with Crippen molar-refractivity contribution < 1.29 is 27.9 Å². The molecule has 1 aromatic heterocycles. The van der Waals surface area contributed by atoms with Crippen LogP contribution in [0.4, 0.5) is 19.3 Å². The Bertz CT molecular complexity index is 1180. The van der Waals surface area contributed by atoms with Crippen molar-refractivity contribution in [2.45, 2.75) is 45.4 Å². The molecule has 33 heavy (non-hydrogen) atoms. The molecule has 3 aliphatic rings. The van der Waals surface area contributed by atoms with Gasteiger partial charge in [-0.15, -0.1) is 0 Å². The molecule has 1 aromatic carbocycles.